The minimum atomic E-state index is -0.797. The molecule has 1 heterocycles. The van der Waals surface area contributed by atoms with Gasteiger partial charge in [0.1, 0.15) is 0 Å². The number of carbonyl (C=O) groups is 1. The molecule has 21 heavy (non-hydrogen) atoms. The Morgan fingerprint density at radius 2 is 2.05 bits per heavy atom. The van der Waals surface area contributed by atoms with E-state index in [9.17, 15) is 4.79 Å². The number of aliphatic carboxylic acids is 1. The largest absolute Gasteiger partial charge is 0.481 e. The van der Waals surface area contributed by atoms with Crippen LogP contribution in [0.1, 0.15) is 38.3 Å². The van der Waals surface area contributed by atoms with Gasteiger partial charge in [0, 0.05) is 23.6 Å². The number of hydrogen-bond donors (Lipinski definition) is 2. The zero-order chi connectivity index (χ0) is 15.6. The molecule has 0 aliphatic carbocycles. The zero-order valence-corrected chi connectivity index (χ0v) is 13.0. The Balaban J connectivity index is 2.55. The molecule has 1 aromatic heterocycles. The van der Waals surface area contributed by atoms with E-state index in [-0.39, 0.29) is 11.8 Å². The molecule has 0 bridgehead atoms. The molecule has 0 fully saturated rings. The molecule has 114 valence electrons. The van der Waals surface area contributed by atoms with Gasteiger partial charge in [0.05, 0.1) is 6.42 Å². The Labute approximate surface area is 125 Å². The molecule has 0 unspecified atom stereocenters. The second-order valence-electron chi connectivity index (χ2n) is 6.54. The molecule has 0 aliphatic heterocycles. The van der Waals surface area contributed by atoms with Gasteiger partial charge in [-0.2, -0.15) is 0 Å². The maximum Gasteiger partial charge on any atom is 0.307 e. The molecule has 0 spiro atoms. The van der Waals surface area contributed by atoms with Crippen LogP contribution in [-0.4, -0.2) is 22.2 Å². The predicted molar refractivity (Wildman–Crippen MR) is 85.6 cm³/mol. The SMILES string of the molecule is CC(C)(C)c1ccc2c(c1)c(CC(=O)O)cn2CCCN. The Morgan fingerprint density at radius 3 is 2.62 bits per heavy atom. The predicted octanol–water partition coefficient (Wildman–Crippen LogP) is 2.91. The van der Waals surface area contributed by atoms with Crippen LogP contribution in [0.2, 0.25) is 0 Å². The summed E-state index contributed by atoms with van der Waals surface area (Å²) in [5, 5.41) is 10.2. The summed E-state index contributed by atoms with van der Waals surface area (Å²) in [4.78, 5) is 11.1. The van der Waals surface area contributed by atoms with Crippen LogP contribution in [0, 0.1) is 0 Å². The van der Waals surface area contributed by atoms with Crippen LogP contribution in [-0.2, 0) is 23.2 Å². The highest BCUT2D eigenvalue weighted by molar-refractivity contribution is 5.88. The van der Waals surface area contributed by atoms with Crippen LogP contribution in [0.25, 0.3) is 10.9 Å². The van der Waals surface area contributed by atoms with Gasteiger partial charge in [-0.15, -0.1) is 0 Å². The Kier molecular flexibility index (Phi) is 4.37. The van der Waals surface area contributed by atoms with Crippen molar-refractivity contribution in [2.75, 3.05) is 6.54 Å². The number of aromatic nitrogens is 1. The molecule has 0 amide bonds. The van der Waals surface area contributed by atoms with E-state index in [0.717, 1.165) is 29.4 Å². The molecule has 0 saturated carbocycles. The molecule has 0 aliphatic rings. The molecule has 0 atom stereocenters. The third kappa shape index (κ3) is 3.45. The minimum absolute atomic E-state index is 0.0496. The van der Waals surface area contributed by atoms with Gasteiger partial charge in [-0.05, 0) is 41.6 Å². The molecule has 4 nitrogen and oxygen atoms in total. The van der Waals surface area contributed by atoms with Crippen LogP contribution >= 0.6 is 0 Å². The first-order chi connectivity index (χ1) is 9.82. The summed E-state index contributed by atoms with van der Waals surface area (Å²) < 4.78 is 2.12. The average molecular weight is 288 g/mol. The fraction of sp³-hybridized carbons (Fsp3) is 0.471. The maximum atomic E-state index is 11.1. The third-order valence-corrected chi connectivity index (χ3v) is 3.77. The van der Waals surface area contributed by atoms with Crippen LogP contribution in [0.3, 0.4) is 0 Å². The lowest BCUT2D eigenvalue weighted by atomic mass is 9.86. The van der Waals surface area contributed by atoms with E-state index in [4.69, 9.17) is 10.8 Å². The van der Waals surface area contributed by atoms with Crippen molar-refractivity contribution in [2.24, 2.45) is 5.73 Å². The van der Waals surface area contributed by atoms with Crippen LogP contribution in [0.4, 0.5) is 0 Å². The molecule has 4 heteroatoms. The van der Waals surface area contributed by atoms with Crippen LogP contribution in [0.5, 0.6) is 0 Å². The number of nitrogens with two attached hydrogens (primary N) is 1. The summed E-state index contributed by atoms with van der Waals surface area (Å²) in [5.41, 5.74) is 8.82. The van der Waals surface area contributed by atoms with Gasteiger partial charge in [0.2, 0.25) is 0 Å². The van der Waals surface area contributed by atoms with E-state index in [1.54, 1.807) is 0 Å². The van der Waals surface area contributed by atoms with Gasteiger partial charge in [0.15, 0.2) is 0 Å². The highest BCUT2D eigenvalue weighted by atomic mass is 16.4. The lowest BCUT2D eigenvalue weighted by molar-refractivity contribution is -0.136. The first-order valence-electron chi connectivity index (χ1n) is 7.37. The van der Waals surface area contributed by atoms with Gasteiger partial charge in [-0.25, -0.2) is 0 Å². The van der Waals surface area contributed by atoms with Gasteiger partial charge in [-0.3, -0.25) is 4.79 Å². The van der Waals surface area contributed by atoms with Crippen molar-refractivity contribution in [2.45, 2.75) is 45.6 Å². The van der Waals surface area contributed by atoms with Crippen molar-refractivity contribution < 1.29 is 9.90 Å². The lowest BCUT2D eigenvalue weighted by Crippen LogP contribution is -2.10. The molecular formula is C17H24N2O2. The maximum absolute atomic E-state index is 11.1. The van der Waals surface area contributed by atoms with E-state index in [1.165, 1.54) is 5.56 Å². The molecule has 2 aromatic rings. The van der Waals surface area contributed by atoms with E-state index in [2.05, 4.69) is 43.5 Å². The fourth-order valence-electron chi connectivity index (χ4n) is 2.59. The zero-order valence-electron chi connectivity index (χ0n) is 13.0. The van der Waals surface area contributed by atoms with E-state index in [1.807, 2.05) is 6.20 Å². The van der Waals surface area contributed by atoms with Gasteiger partial charge in [-0.1, -0.05) is 26.8 Å². The molecular weight excluding hydrogens is 264 g/mol. The number of carboxylic acid groups (broad SMARTS) is 1. The van der Waals surface area contributed by atoms with Crippen molar-refractivity contribution in [1.82, 2.24) is 4.57 Å². The monoisotopic (exact) mass is 288 g/mol. The standard InChI is InChI=1S/C17H24N2O2/c1-17(2,3)13-5-6-15-14(10-13)12(9-16(20)21)11-19(15)8-4-7-18/h5-6,10-11H,4,7-9,18H2,1-3H3,(H,20,21). The number of hydrogen-bond acceptors (Lipinski definition) is 2. The third-order valence-electron chi connectivity index (χ3n) is 3.77. The highest BCUT2D eigenvalue weighted by Gasteiger charge is 2.17. The highest BCUT2D eigenvalue weighted by Crippen LogP contribution is 2.29. The van der Waals surface area contributed by atoms with E-state index < -0.39 is 5.97 Å². The number of carboxylic acids is 1. The molecule has 0 radical (unpaired) electrons. The first kappa shape index (κ1) is 15.6. The number of nitrogens with zero attached hydrogens (tertiary/aromatic N) is 1. The van der Waals surface area contributed by atoms with Crippen molar-refractivity contribution >= 4 is 16.9 Å². The van der Waals surface area contributed by atoms with Crippen molar-refractivity contribution in [3.8, 4) is 0 Å². The average Bonchev–Trinajstić information content (AvgIpc) is 2.72. The summed E-state index contributed by atoms with van der Waals surface area (Å²) in [6, 6.07) is 6.36. The fourth-order valence-corrected chi connectivity index (χ4v) is 2.59. The van der Waals surface area contributed by atoms with E-state index in [0.29, 0.717) is 6.54 Å². The minimum Gasteiger partial charge on any atom is -0.481 e. The lowest BCUT2D eigenvalue weighted by Gasteiger charge is -2.19. The second kappa shape index (κ2) is 5.90. The van der Waals surface area contributed by atoms with Gasteiger partial charge < -0.3 is 15.4 Å². The second-order valence-corrected chi connectivity index (χ2v) is 6.54. The van der Waals surface area contributed by atoms with Gasteiger partial charge in [0.25, 0.3) is 0 Å². The number of fused-ring (bicyclic) bond motifs is 1. The summed E-state index contributed by atoms with van der Waals surface area (Å²) >= 11 is 0. The van der Waals surface area contributed by atoms with Crippen molar-refractivity contribution in [3.63, 3.8) is 0 Å². The Hall–Kier alpha value is -1.81. The number of benzene rings is 1. The summed E-state index contributed by atoms with van der Waals surface area (Å²) in [5.74, 6) is -0.797. The normalized spacial score (nSPS) is 12.0. The quantitative estimate of drug-likeness (QED) is 0.889. The van der Waals surface area contributed by atoms with Gasteiger partial charge >= 0.3 is 5.97 Å². The summed E-state index contributed by atoms with van der Waals surface area (Å²) in [7, 11) is 0. The number of rotatable bonds is 5. The molecule has 3 N–H and O–H groups in total. The molecule has 0 saturated heterocycles. The summed E-state index contributed by atoms with van der Waals surface area (Å²) in [6.45, 7) is 7.94. The van der Waals surface area contributed by atoms with Crippen molar-refractivity contribution in [1.29, 1.82) is 0 Å². The van der Waals surface area contributed by atoms with Crippen molar-refractivity contribution in [3.05, 3.63) is 35.5 Å². The smallest absolute Gasteiger partial charge is 0.307 e. The van der Waals surface area contributed by atoms with Crippen LogP contribution in [0.15, 0.2) is 24.4 Å². The molecule has 1 aromatic carbocycles. The molecule has 2 rings (SSSR count). The number of aryl methyl sites for hydroxylation is 1. The Bertz CT molecular complexity index is 651. The summed E-state index contributed by atoms with van der Waals surface area (Å²) in [6.07, 6.45) is 2.90. The van der Waals surface area contributed by atoms with Crippen LogP contribution < -0.4 is 5.73 Å². The topological polar surface area (TPSA) is 68.2 Å². The Morgan fingerprint density at radius 1 is 1.33 bits per heavy atom. The van der Waals surface area contributed by atoms with E-state index >= 15 is 0 Å². The first-order valence-corrected chi connectivity index (χ1v) is 7.37.